The number of aromatic nitrogens is 2. The molecule has 0 saturated carbocycles. The number of nitrogens with zero attached hydrogens (tertiary/aromatic N) is 2. The fourth-order valence-electron chi connectivity index (χ4n) is 2.69. The van der Waals surface area contributed by atoms with Crippen LogP contribution in [0.1, 0.15) is 26.7 Å². The third-order valence-electron chi connectivity index (χ3n) is 4.54. The molecular weight excluding hydrogens is 378 g/mol. The van der Waals surface area contributed by atoms with E-state index in [2.05, 4.69) is 21.0 Å². The number of hydrogen-bond acceptors (Lipinski definition) is 6. The van der Waals surface area contributed by atoms with Gasteiger partial charge in [0.05, 0.1) is 23.8 Å². The number of para-hydroxylation sites is 1. The summed E-state index contributed by atoms with van der Waals surface area (Å²) in [6.45, 7) is 3.54. The Bertz CT molecular complexity index is 974. The van der Waals surface area contributed by atoms with Crippen molar-refractivity contribution in [1.29, 1.82) is 0 Å². The number of thioether (sulfide) groups is 1. The van der Waals surface area contributed by atoms with Gasteiger partial charge in [-0.25, -0.2) is 4.98 Å². The summed E-state index contributed by atoms with van der Waals surface area (Å²) in [6.07, 6.45) is 6.80. The SMILES string of the molecule is C#CC(CC)(CC)NC(=O)CSc1nc2ccccc2c(=O)n1CC(=O)OC. The van der Waals surface area contributed by atoms with Gasteiger partial charge >= 0.3 is 5.97 Å². The number of methoxy groups -OCH3 is 1. The van der Waals surface area contributed by atoms with Gasteiger partial charge in [0.2, 0.25) is 5.91 Å². The van der Waals surface area contributed by atoms with Crippen LogP contribution in [0.3, 0.4) is 0 Å². The summed E-state index contributed by atoms with van der Waals surface area (Å²) < 4.78 is 5.90. The van der Waals surface area contributed by atoms with Crippen molar-refractivity contribution in [2.24, 2.45) is 0 Å². The standard InChI is InChI=1S/C20H23N3O4S/c1-5-20(6-2,7-3)22-16(24)13-28-19-21-15-11-9-8-10-14(15)18(26)23(19)12-17(25)27-4/h1,8-11H,6-7,12-13H2,2-4H3,(H,22,24). The third kappa shape index (κ3) is 4.73. The topological polar surface area (TPSA) is 90.3 Å². The summed E-state index contributed by atoms with van der Waals surface area (Å²) in [7, 11) is 1.25. The van der Waals surface area contributed by atoms with Gasteiger partial charge in [0, 0.05) is 0 Å². The average Bonchev–Trinajstić information content (AvgIpc) is 2.72. The van der Waals surface area contributed by atoms with Crippen molar-refractivity contribution in [3.8, 4) is 12.3 Å². The number of rotatable bonds is 8. The summed E-state index contributed by atoms with van der Waals surface area (Å²) in [5, 5.41) is 3.53. The fraction of sp³-hybridized carbons (Fsp3) is 0.400. The normalized spacial score (nSPS) is 11.1. The van der Waals surface area contributed by atoms with Gasteiger partial charge in [-0.15, -0.1) is 6.42 Å². The van der Waals surface area contributed by atoms with Crippen LogP contribution in [0, 0.1) is 12.3 Å². The molecule has 1 N–H and O–H groups in total. The summed E-state index contributed by atoms with van der Waals surface area (Å²) in [5.74, 6) is 1.82. The van der Waals surface area contributed by atoms with Crippen molar-refractivity contribution in [3.63, 3.8) is 0 Å². The first-order valence-electron chi connectivity index (χ1n) is 8.87. The van der Waals surface area contributed by atoms with Gasteiger partial charge in [0.15, 0.2) is 5.16 Å². The van der Waals surface area contributed by atoms with Gasteiger partial charge in [-0.05, 0) is 25.0 Å². The maximum absolute atomic E-state index is 12.8. The van der Waals surface area contributed by atoms with Crippen LogP contribution < -0.4 is 10.9 Å². The molecule has 1 aromatic carbocycles. The Morgan fingerprint density at radius 1 is 1.32 bits per heavy atom. The minimum atomic E-state index is -0.694. The molecule has 0 spiro atoms. The maximum atomic E-state index is 12.8. The third-order valence-corrected chi connectivity index (χ3v) is 5.51. The second-order valence-corrected chi connectivity index (χ2v) is 7.09. The number of ether oxygens (including phenoxy) is 1. The average molecular weight is 401 g/mol. The Balaban J connectivity index is 2.31. The van der Waals surface area contributed by atoms with E-state index < -0.39 is 11.5 Å². The number of benzene rings is 1. The highest BCUT2D eigenvalue weighted by atomic mass is 32.2. The molecule has 0 radical (unpaired) electrons. The molecule has 148 valence electrons. The molecule has 0 aliphatic carbocycles. The number of amides is 1. The van der Waals surface area contributed by atoms with Gasteiger partial charge in [-0.1, -0.05) is 43.7 Å². The largest absolute Gasteiger partial charge is 0.468 e. The van der Waals surface area contributed by atoms with Crippen molar-refractivity contribution in [2.75, 3.05) is 12.9 Å². The molecule has 2 aromatic rings. The van der Waals surface area contributed by atoms with E-state index >= 15 is 0 Å². The number of hydrogen-bond donors (Lipinski definition) is 1. The van der Waals surface area contributed by atoms with E-state index in [9.17, 15) is 14.4 Å². The summed E-state index contributed by atoms with van der Waals surface area (Å²) in [6, 6.07) is 6.84. The number of esters is 1. The van der Waals surface area contributed by atoms with Gasteiger partial charge in [-0.3, -0.25) is 19.0 Å². The maximum Gasteiger partial charge on any atom is 0.325 e. The lowest BCUT2D eigenvalue weighted by Crippen LogP contribution is -2.47. The lowest BCUT2D eigenvalue weighted by atomic mass is 9.94. The van der Waals surface area contributed by atoms with Crippen molar-refractivity contribution in [3.05, 3.63) is 34.6 Å². The molecule has 8 heteroatoms. The van der Waals surface area contributed by atoms with E-state index in [0.29, 0.717) is 23.7 Å². The quantitative estimate of drug-likeness (QED) is 0.315. The first-order chi connectivity index (χ1) is 13.4. The van der Waals surface area contributed by atoms with Crippen LogP contribution in [0.4, 0.5) is 0 Å². The molecule has 0 atom stereocenters. The molecule has 0 fully saturated rings. The van der Waals surface area contributed by atoms with Crippen molar-refractivity contribution in [2.45, 2.75) is 43.9 Å². The first-order valence-corrected chi connectivity index (χ1v) is 9.86. The molecule has 0 unspecified atom stereocenters. The van der Waals surface area contributed by atoms with Gasteiger partial charge in [0.1, 0.15) is 12.1 Å². The Labute approximate surface area is 167 Å². The van der Waals surface area contributed by atoms with Crippen molar-refractivity contribution >= 4 is 34.5 Å². The molecule has 0 aliphatic heterocycles. The highest BCUT2D eigenvalue weighted by Gasteiger charge is 2.25. The zero-order valence-corrected chi connectivity index (χ0v) is 17.0. The van der Waals surface area contributed by atoms with E-state index in [0.717, 1.165) is 11.8 Å². The summed E-state index contributed by atoms with van der Waals surface area (Å²) >= 11 is 1.07. The van der Waals surface area contributed by atoms with E-state index in [1.807, 2.05) is 13.8 Å². The van der Waals surface area contributed by atoms with Crippen LogP contribution in [-0.4, -0.2) is 39.8 Å². The predicted molar refractivity (Wildman–Crippen MR) is 109 cm³/mol. The second-order valence-electron chi connectivity index (χ2n) is 6.15. The summed E-state index contributed by atoms with van der Waals surface area (Å²) in [5.41, 5.74) is -0.559. The molecule has 0 bridgehead atoms. The highest BCUT2D eigenvalue weighted by molar-refractivity contribution is 7.99. The number of nitrogens with one attached hydrogen (secondary N) is 1. The Kier molecular flexibility index (Phi) is 7.24. The number of terminal acetylenes is 1. The molecule has 1 amide bonds. The summed E-state index contributed by atoms with van der Waals surface area (Å²) in [4.78, 5) is 41.4. The minimum Gasteiger partial charge on any atom is -0.468 e. The van der Waals surface area contributed by atoms with Crippen LogP contribution in [0.5, 0.6) is 0 Å². The Morgan fingerprint density at radius 2 is 2.00 bits per heavy atom. The van der Waals surface area contributed by atoms with Crippen LogP contribution in [0.2, 0.25) is 0 Å². The van der Waals surface area contributed by atoms with E-state index in [1.165, 1.54) is 11.7 Å². The number of carbonyl (C=O) groups excluding carboxylic acids is 2. The zero-order chi connectivity index (χ0) is 20.7. The van der Waals surface area contributed by atoms with E-state index in [1.54, 1.807) is 24.3 Å². The van der Waals surface area contributed by atoms with Crippen LogP contribution >= 0.6 is 11.8 Å². The molecule has 0 aliphatic rings. The lowest BCUT2D eigenvalue weighted by Gasteiger charge is -2.27. The number of carbonyl (C=O) groups is 2. The molecule has 0 saturated heterocycles. The van der Waals surface area contributed by atoms with Crippen molar-refractivity contribution < 1.29 is 14.3 Å². The molecule has 7 nitrogen and oxygen atoms in total. The molecule has 28 heavy (non-hydrogen) atoms. The van der Waals surface area contributed by atoms with Crippen LogP contribution in [-0.2, 0) is 20.9 Å². The van der Waals surface area contributed by atoms with Crippen LogP contribution in [0.25, 0.3) is 10.9 Å². The Morgan fingerprint density at radius 3 is 2.61 bits per heavy atom. The molecular formula is C20H23N3O4S. The molecule has 1 aromatic heterocycles. The fourth-order valence-corrected chi connectivity index (χ4v) is 3.49. The zero-order valence-electron chi connectivity index (χ0n) is 16.2. The predicted octanol–water partition coefficient (Wildman–Crippen LogP) is 1.97. The monoisotopic (exact) mass is 401 g/mol. The van der Waals surface area contributed by atoms with Crippen molar-refractivity contribution in [1.82, 2.24) is 14.9 Å². The Hall–Kier alpha value is -2.79. The van der Waals surface area contributed by atoms with Gasteiger partial charge in [0.25, 0.3) is 5.56 Å². The number of fused-ring (bicyclic) bond motifs is 1. The van der Waals surface area contributed by atoms with E-state index in [4.69, 9.17) is 6.42 Å². The smallest absolute Gasteiger partial charge is 0.325 e. The second kappa shape index (κ2) is 9.42. The molecule has 2 rings (SSSR count). The first kappa shape index (κ1) is 21.5. The minimum absolute atomic E-state index is 0.00931. The van der Waals surface area contributed by atoms with E-state index in [-0.39, 0.29) is 28.9 Å². The van der Waals surface area contributed by atoms with Crippen LogP contribution in [0.15, 0.2) is 34.2 Å². The van der Waals surface area contributed by atoms with Gasteiger partial charge in [-0.2, -0.15) is 0 Å². The highest BCUT2D eigenvalue weighted by Crippen LogP contribution is 2.19. The molecule has 1 heterocycles. The lowest BCUT2D eigenvalue weighted by molar-refractivity contribution is -0.141. The van der Waals surface area contributed by atoms with Gasteiger partial charge < -0.3 is 10.1 Å².